The van der Waals surface area contributed by atoms with Gasteiger partial charge in [0.25, 0.3) is 0 Å². The molecule has 1 atom stereocenters. The average molecular weight is 285 g/mol. The lowest BCUT2D eigenvalue weighted by atomic mass is 9.87. The number of imidazole rings is 1. The van der Waals surface area contributed by atoms with E-state index in [1.165, 1.54) is 30.4 Å². The van der Waals surface area contributed by atoms with E-state index in [0.717, 1.165) is 24.5 Å². The molecule has 21 heavy (non-hydrogen) atoms. The number of aryl methyl sites for hydroxylation is 2. The second-order valence-electron chi connectivity index (χ2n) is 5.67. The number of fused-ring (bicyclic) bond motifs is 1. The van der Waals surface area contributed by atoms with Crippen molar-refractivity contribution in [1.82, 2.24) is 14.9 Å². The Bertz CT molecular complexity index is 606. The normalized spacial score (nSPS) is 17.5. The lowest BCUT2D eigenvalue weighted by molar-refractivity contribution is 0.408. The summed E-state index contributed by atoms with van der Waals surface area (Å²) in [5, 5.41) is 3.69. The van der Waals surface area contributed by atoms with Crippen LogP contribution >= 0.6 is 0 Å². The fourth-order valence-corrected chi connectivity index (χ4v) is 3.11. The van der Waals surface area contributed by atoms with Gasteiger partial charge in [-0.3, -0.25) is 0 Å². The van der Waals surface area contributed by atoms with E-state index >= 15 is 0 Å². The van der Waals surface area contributed by atoms with Crippen LogP contribution in [0.25, 0.3) is 0 Å². The number of aromatic nitrogens is 2. The molecule has 0 saturated heterocycles. The third-order valence-electron chi connectivity index (χ3n) is 4.33. The van der Waals surface area contributed by atoms with Gasteiger partial charge in [-0.05, 0) is 42.5 Å². The van der Waals surface area contributed by atoms with Gasteiger partial charge in [-0.1, -0.05) is 6.07 Å². The molecule has 3 rings (SSSR count). The molecule has 1 aliphatic rings. The van der Waals surface area contributed by atoms with E-state index in [1.807, 2.05) is 19.4 Å². The van der Waals surface area contributed by atoms with Crippen molar-refractivity contribution >= 4 is 0 Å². The molecule has 1 N–H and O–H groups in total. The summed E-state index contributed by atoms with van der Waals surface area (Å²) < 4.78 is 7.45. The molecule has 1 unspecified atom stereocenters. The van der Waals surface area contributed by atoms with Crippen molar-refractivity contribution in [1.29, 1.82) is 0 Å². The number of methoxy groups -OCH3 is 1. The fourth-order valence-electron chi connectivity index (χ4n) is 3.11. The van der Waals surface area contributed by atoms with Gasteiger partial charge in [-0.15, -0.1) is 0 Å². The molecule has 112 valence electrons. The standard InChI is InChI=1S/C17H23N3O/c1-20-11-10-19-17(20)8-9-18-16-5-3-4-13-6-7-14(21-2)12-15(13)16/h6-7,10-12,16,18H,3-5,8-9H2,1-2H3. The summed E-state index contributed by atoms with van der Waals surface area (Å²) in [6, 6.07) is 6.90. The second-order valence-corrected chi connectivity index (χ2v) is 5.67. The second kappa shape index (κ2) is 6.31. The van der Waals surface area contributed by atoms with E-state index in [9.17, 15) is 0 Å². The maximum absolute atomic E-state index is 5.37. The zero-order valence-corrected chi connectivity index (χ0v) is 12.8. The number of ether oxygens (including phenoxy) is 1. The van der Waals surface area contributed by atoms with Crippen LogP contribution in [0.4, 0.5) is 0 Å². The van der Waals surface area contributed by atoms with Crippen molar-refractivity contribution in [3.8, 4) is 5.75 Å². The van der Waals surface area contributed by atoms with Crippen LogP contribution in [0.2, 0.25) is 0 Å². The Morgan fingerprint density at radius 3 is 3.10 bits per heavy atom. The first-order chi connectivity index (χ1) is 10.3. The molecule has 1 aromatic heterocycles. The number of hydrogen-bond donors (Lipinski definition) is 1. The van der Waals surface area contributed by atoms with E-state index in [0.29, 0.717) is 6.04 Å². The van der Waals surface area contributed by atoms with Gasteiger partial charge in [0, 0.05) is 38.4 Å². The molecule has 0 aliphatic heterocycles. The van der Waals surface area contributed by atoms with E-state index < -0.39 is 0 Å². The molecular weight excluding hydrogens is 262 g/mol. The summed E-state index contributed by atoms with van der Waals surface area (Å²) in [6.07, 6.45) is 8.43. The minimum absolute atomic E-state index is 0.434. The Morgan fingerprint density at radius 1 is 1.43 bits per heavy atom. The summed E-state index contributed by atoms with van der Waals surface area (Å²) >= 11 is 0. The highest BCUT2D eigenvalue weighted by Crippen LogP contribution is 2.32. The average Bonchev–Trinajstić information content (AvgIpc) is 2.92. The highest BCUT2D eigenvalue weighted by molar-refractivity contribution is 5.39. The lowest BCUT2D eigenvalue weighted by Crippen LogP contribution is -2.27. The summed E-state index contributed by atoms with van der Waals surface area (Å²) in [4.78, 5) is 4.37. The summed E-state index contributed by atoms with van der Waals surface area (Å²) in [5.74, 6) is 2.08. The lowest BCUT2D eigenvalue weighted by Gasteiger charge is -2.27. The molecule has 1 aliphatic carbocycles. The smallest absolute Gasteiger partial charge is 0.119 e. The predicted molar refractivity (Wildman–Crippen MR) is 83.6 cm³/mol. The molecule has 0 amide bonds. The molecule has 1 heterocycles. The van der Waals surface area contributed by atoms with Crippen molar-refractivity contribution in [2.24, 2.45) is 7.05 Å². The van der Waals surface area contributed by atoms with Gasteiger partial charge in [-0.2, -0.15) is 0 Å². The number of benzene rings is 1. The summed E-state index contributed by atoms with van der Waals surface area (Å²) in [7, 11) is 3.77. The third kappa shape index (κ3) is 3.10. The van der Waals surface area contributed by atoms with Crippen LogP contribution in [0.1, 0.15) is 35.8 Å². The Balaban J connectivity index is 1.66. The van der Waals surface area contributed by atoms with Crippen LogP contribution in [0.3, 0.4) is 0 Å². The summed E-state index contributed by atoms with van der Waals surface area (Å²) in [5.41, 5.74) is 2.86. The quantitative estimate of drug-likeness (QED) is 0.918. The first-order valence-corrected chi connectivity index (χ1v) is 7.64. The van der Waals surface area contributed by atoms with Crippen LogP contribution < -0.4 is 10.1 Å². The van der Waals surface area contributed by atoms with E-state index in [-0.39, 0.29) is 0 Å². The van der Waals surface area contributed by atoms with Crippen molar-refractivity contribution < 1.29 is 4.74 Å². The van der Waals surface area contributed by atoms with Gasteiger partial charge in [0.15, 0.2) is 0 Å². The molecule has 0 bridgehead atoms. The molecule has 0 radical (unpaired) electrons. The molecule has 4 nitrogen and oxygen atoms in total. The highest BCUT2D eigenvalue weighted by atomic mass is 16.5. The van der Waals surface area contributed by atoms with Crippen LogP contribution in [-0.2, 0) is 19.9 Å². The molecule has 1 aromatic carbocycles. The number of nitrogens with one attached hydrogen (secondary N) is 1. The van der Waals surface area contributed by atoms with Crippen molar-refractivity contribution in [2.45, 2.75) is 31.7 Å². The van der Waals surface area contributed by atoms with Gasteiger partial charge in [0.2, 0.25) is 0 Å². The number of rotatable bonds is 5. The Labute approximate surface area is 126 Å². The molecule has 0 spiro atoms. The van der Waals surface area contributed by atoms with Crippen LogP contribution in [-0.4, -0.2) is 23.2 Å². The maximum atomic E-state index is 5.37. The van der Waals surface area contributed by atoms with Crippen molar-refractivity contribution in [2.75, 3.05) is 13.7 Å². The van der Waals surface area contributed by atoms with Gasteiger partial charge < -0.3 is 14.6 Å². The van der Waals surface area contributed by atoms with E-state index in [4.69, 9.17) is 4.74 Å². The third-order valence-corrected chi connectivity index (χ3v) is 4.33. The van der Waals surface area contributed by atoms with Crippen molar-refractivity contribution in [3.63, 3.8) is 0 Å². The van der Waals surface area contributed by atoms with E-state index in [2.05, 4.69) is 33.1 Å². The van der Waals surface area contributed by atoms with Gasteiger partial charge in [0.1, 0.15) is 11.6 Å². The predicted octanol–water partition coefficient (Wildman–Crippen LogP) is 2.64. The molecule has 4 heteroatoms. The molecule has 2 aromatic rings. The topological polar surface area (TPSA) is 39.1 Å². The van der Waals surface area contributed by atoms with Crippen LogP contribution in [0.15, 0.2) is 30.6 Å². The van der Waals surface area contributed by atoms with Crippen molar-refractivity contribution in [3.05, 3.63) is 47.5 Å². The molecule has 0 saturated carbocycles. The summed E-state index contributed by atoms with van der Waals surface area (Å²) in [6.45, 7) is 0.951. The SMILES string of the molecule is COc1ccc2c(c1)C(NCCc1nccn1C)CCC2. The van der Waals surface area contributed by atoms with Gasteiger partial charge in [-0.25, -0.2) is 4.98 Å². The largest absolute Gasteiger partial charge is 0.497 e. The monoisotopic (exact) mass is 285 g/mol. The fraction of sp³-hybridized carbons (Fsp3) is 0.471. The van der Waals surface area contributed by atoms with Gasteiger partial charge >= 0.3 is 0 Å². The zero-order valence-electron chi connectivity index (χ0n) is 12.8. The van der Waals surface area contributed by atoms with Crippen LogP contribution in [0, 0.1) is 0 Å². The molecular formula is C17H23N3O. The van der Waals surface area contributed by atoms with E-state index in [1.54, 1.807) is 7.11 Å². The Hall–Kier alpha value is -1.81. The highest BCUT2D eigenvalue weighted by Gasteiger charge is 2.20. The Morgan fingerprint density at radius 2 is 2.33 bits per heavy atom. The number of nitrogens with zero attached hydrogens (tertiary/aromatic N) is 2. The first kappa shape index (κ1) is 14.1. The Kier molecular flexibility index (Phi) is 4.25. The molecule has 0 fully saturated rings. The zero-order chi connectivity index (χ0) is 14.7. The number of hydrogen-bond acceptors (Lipinski definition) is 3. The van der Waals surface area contributed by atoms with Gasteiger partial charge in [0.05, 0.1) is 7.11 Å². The first-order valence-electron chi connectivity index (χ1n) is 7.64. The minimum Gasteiger partial charge on any atom is -0.497 e. The minimum atomic E-state index is 0.434. The van der Waals surface area contributed by atoms with Crippen LogP contribution in [0.5, 0.6) is 5.75 Å². The maximum Gasteiger partial charge on any atom is 0.119 e.